The van der Waals surface area contributed by atoms with E-state index in [0.29, 0.717) is 5.92 Å². The summed E-state index contributed by atoms with van der Waals surface area (Å²) in [5.74, 6) is 1.34. The fourth-order valence-corrected chi connectivity index (χ4v) is 5.25. The molecule has 0 bridgehead atoms. The van der Waals surface area contributed by atoms with Gasteiger partial charge in [-0.1, -0.05) is 91.7 Å². The van der Waals surface area contributed by atoms with Gasteiger partial charge in [-0.25, -0.2) is 0 Å². The van der Waals surface area contributed by atoms with Crippen molar-refractivity contribution in [3.8, 4) is 16.9 Å². The Hall–Kier alpha value is -3.14. The minimum absolute atomic E-state index is 0.356. The highest BCUT2D eigenvalue weighted by molar-refractivity contribution is 5.72. The largest absolute Gasteiger partial charge is 0.493 e. The van der Waals surface area contributed by atoms with Crippen LogP contribution in [0.1, 0.15) is 109 Å². The smallest absolute Gasteiger partial charge is 0.122 e. The van der Waals surface area contributed by atoms with Crippen molar-refractivity contribution in [1.29, 1.82) is 0 Å². The molecule has 0 N–H and O–H groups in total. The number of rotatable bonds is 17. The van der Waals surface area contributed by atoms with E-state index in [9.17, 15) is 0 Å². The number of ether oxygens (including phenoxy) is 1. The first-order valence-corrected chi connectivity index (χ1v) is 16.0. The van der Waals surface area contributed by atoms with Gasteiger partial charge in [-0.15, -0.1) is 5.11 Å². The van der Waals surface area contributed by atoms with Crippen molar-refractivity contribution in [1.82, 2.24) is 0 Å². The number of hydrogen-bond donors (Lipinski definition) is 0. The Bertz CT molecular complexity index is 1200. The molecule has 0 unspecified atom stereocenters. The highest BCUT2D eigenvalue weighted by atomic mass is 16.5. The van der Waals surface area contributed by atoms with Gasteiger partial charge in [0.15, 0.2) is 0 Å². The Morgan fingerprint density at radius 1 is 0.683 bits per heavy atom. The van der Waals surface area contributed by atoms with Gasteiger partial charge in [0.1, 0.15) is 5.75 Å². The summed E-state index contributed by atoms with van der Waals surface area (Å²) in [5.41, 5.74) is 9.21. The molecule has 0 aliphatic carbocycles. The molecular formula is C37H53N3O. The lowest BCUT2D eigenvalue weighted by Crippen LogP contribution is -2.07. The van der Waals surface area contributed by atoms with Gasteiger partial charge in [0.2, 0.25) is 0 Å². The quantitative estimate of drug-likeness (QED) is 0.123. The average Bonchev–Trinajstić information content (AvgIpc) is 2.99. The van der Waals surface area contributed by atoms with Gasteiger partial charge < -0.3 is 9.64 Å². The highest BCUT2D eigenvalue weighted by Gasteiger charge is 2.12. The number of benzene rings is 3. The number of nitrogens with zero attached hydrogens (tertiary/aromatic N) is 3. The SMILES string of the molecule is CCCCCCCCCCOc1ccc(N=Nc2c(CC)cc(-c3ccc(N(C)C)cc3)cc2CC)cc1C(C)C. The zero-order valence-corrected chi connectivity index (χ0v) is 26.8. The number of anilines is 1. The molecule has 3 aromatic rings. The lowest BCUT2D eigenvalue weighted by molar-refractivity contribution is 0.300. The Labute approximate surface area is 250 Å². The maximum absolute atomic E-state index is 6.24. The third-order valence-electron chi connectivity index (χ3n) is 7.88. The lowest BCUT2D eigenvalue weighted by Gasteiger charge is -2.15. The predicted octanol–water partition coefficient (Wildman–Crippen LogP) is 11.6. The van der Waals surface area contributed by atoms with E-state index >= 15 is 0 Å². The van der Waals surface area contributed by atoms with Gasteiger partial charge in [0, 0.05) is 19.8 Å². The van der Waals surface area contributed by atoms with E-state index in [-0.39, 0.29) is 0 Å². The van der Waals surface area contributed by atoms with Crippen LogP contribution < -0.4 is 9.64 Å². The maximum atomic E-state index is 6.24. The molecule has 0 heterocycles. The summed E-state index contributed by atoms with van der Waals surface area (Å²) in [6.45, 7) is 11.9. The molecule has 0 fully saturated rings. The summed E-state index contributed by atoms with van der Waals surface area (Å²) < 4.78 is 6.24. The van der Waals surface area contributed by atoms with Crippen LogP contribution in [0.5, 0.6) is 5.75 Å². The van der Waals surface area contributed by atoms with Crippen molar-refractivity contribution in [2.45, 2.75) is 105 Å². The van der Waals surface area contributed by atoms with Crippen LogP contribution in [0.4, 0.5) is 17.1 Å². The van der Waals surface area contributed by atoms with E-state index < -0.39 is 0 Å². The summed E-state index contributed by atoms with van der Waals surface area (Å²) in [7, 11) is 4.14. The predicted molar refractivity (Wildman–Crippen MR) is 178 cm³/mol. The highest BCUT2D eigenvalue weighted by Crippen LogP contribution is 2.36. The maximum Gasteiger partial charge on any atom is 0.122 e. The summed E-state index contributed by atoms with van der Waals surface area (Å²) in [6.07, 6.45) is 12.3. The topological polar surface area (TPSA) is 37.2 Å². The van der Waals surface area contributed by atoms with Gasteiger partial charge in [0.25, 0.3) is 0 Å². The average molecular weight is 556 g/mol. The molecule has 0 spiro atoms. The first kappa shape index (κ1) is 32.4. The van der Waals surface area contributed by atoms with Gasteiger partial charge in [-0.3, -0.25) is 0 Å². The monoisotopic (exact) mass is 555 g/mol. The van der Waals surface area contributed by atoms with Gasteiger partial charge in [-0.2, -0.15) is 5.11 Å². The van der Waals surface area contributed by atoms with E-state index in [1.165, 1.54) is 78.5 Å². The minimum Gasteiger partial charge on any atom is -0.493 e. The number of azo groups is 1. The summed E-state index contributed by atoms with van der Waals surface area (Å²) >= 11 is 0. The van der Waals surface area contributed by atoms with Crippen LogP contribution in [0.3, 0.4) is 0 Å². The molecule has 4 heteroatoms. The standard InChI is InChI=1S/C37H53N3O/c1-8-11-12-13-14-15-16-17-24-41-36-23-20-33(27-35(36)28(4)5)38-39-37-29(9-2)25-32(26-30(37)10-3)31-18-21-34(22-19-31)40(6)7/h18-23,25-28H,8-17,24H2,1-7H3. The summed E-state index contributed by atoms with van der Waals surface area (Å²) in [6, 6.07) is 19.6. The van der Waals surface area contributed by atoms with Crippen LogP contribution in [0.25, 0.3) is 11.1 Å². The molecule has 41 heavy (non-hydrogen) atoms. The number of aryl methyl sites for hydroxylation is 2. The number of unbranched alkanes of at least 4 members (excludes halogenated alkanes) is 7. The minimum atomic E-state index is 0.356. The number of hydrogen-bond acceptors (Lipinski definition) is 4. The zero-order valence-electron chi connectivity index (χ0n) is 26.8. The molecule has 0 radical (unpaired) electrons. The summed E-state index contributed by atoms with van der Waals surface area (Å²) in [5, 5.41) is 9.55. The molecule has 0 amide bonds. The van der Waals surface area contributed by atoms with Crippen molar-refractivity contribution in [3.63, 3.8) is 0 Å². The Balaban J connectivity index is 1.71. The van der Waals surface area contributed by atoms with Crippen LogP contribution in [0.15, 0.2) is 64.8 Å². The van der Waals surface area contributed by atoms with Crippen LogP contribution in [-0.4, -0.2) is 20.7 Å². The molecule has 0 atom stereocenters. The van der Waals surface area contributed by atoms with Crippen LogP contribution in [-0.2, 0) is 12.8 Å². The van der Waals surface area contributed by atoms with E-state index in [0.717, 1.165) is 43.0 Å². The van der Waals surface area contributed by atoms with Crippen LogP contribution in [0.2, 0.25) is 0 Å². The van der Waals surface area contributed by atoms with Crippen molar-refractivity contribution >= 4 is 17.1 Å². The van der Waals surface area contributed by atoms with Crippen LogP contribution >= 0.6 is 0 Å². The lowest BCUT2D eigenvalue weighted by atomic mass is 9.95. The van der Waals surface area contributed by atoms with Gasteiger partial charge in [0.05, 0.1) is 18.0 Å². The van der Waals surface area contributed by atoms with E-state index in [1.807, 2.05) is 6.07 Å². The molecular weight excluding hydrogens is 502 g/mol. The van der Waals surface area contributed by atoms with Crippen molar-refractivity contribution in [2.24, 2.45) is 10.2 Å². The second kappa shape index (κ2) is 17.0. The Morgan fingerprint density at radius 2 is 1.29 bits per heavy atom. The molecule has 3 aromatic carbocycles. The molecule has 0 aromatic heterocycles. The van der Waals surface area contributed by atoms with Crippen molar-refractivity contribution in [2.75, 3.05) is 25.6 Å². The van der Waals surface area contributed by atoms with Crippen molar-refractivity contribution in [3.05, 3.63) is 71.3 Å². The van der Waals surface area contributed by atoms with Gasteiger partial charge in [-0.05, 0) is 95.5 Å². The second-order valence-electron chi connectivity index (χ2n) is 11.7. The van der Waals surface area contributed by atoms with Gasteiger partial charge >= 0.3 is 0 Å². The molecule has 222 valence electrons. The van der Waals surface area contributed by atoms with E-state index in [2.05, 4.69) is 102 Å². The van der Waals surface area contributed by atoms with E-state index in [4.69, 9.17) is 15.0 Å². The molecule has 3 rings (SSSR count). The van der Waals surface area contributed by atoms with E-state index in [1.54, 1.807) is 0 Å². The Morgan fingerprint density at radius 3 is 1.85 bits per heavy atom. The first-order valence-electron chi connectivity index (χ1n) is 16.0. The second-order valence-corrected chi connectivity index (χ2v) is 11.7. The summed E-state index contributed by atoms with van der Waals surface area (Å²) in [4.78, 5) is 2.13. The first-order chi connectivity index (χ1) is 19.9. The fourth-order valence-electron chi connectivity index (χ4n) is 5.25. The molecule has 0 saturated heterocycles. The third kappa shape index (κ3) is 9.73. The normalized spacial score (nSPS) is 11.5. The Kier molecular flexibility index (Phi) is 13.4. The molecule has 0 saturated carbocycles. The van der Waals surface area contributed by atoms with Crippen molar-refractivity contribution < 1.29 is 4.74 Å². The third-order valence-corrected chi connectivity index (χ3v) is 7.88. The zero-order chi connectivity index (χ0) is 29.6. The van der Waals surface area contributed by atoms with Crippen LogP contribution in [0, 0.1) is 0 Å². The molecule has 4 nitrogen and oxygen atoms in total. The fraction of sp³-hybridized carbons (Fsp3) is 0.514. The molecule has 0 aliphatic heterocycles. The molecule has 0 aliphatic rings.